The molecule has 0 aliphatic carbocycles. The summed E-state index contributed by atoms with van der Waals surface area (Å²) < 4.78 is 6.47. The minimum Gasteiger partial charge on any atom is -0.493 e. The number of halogens is 2. The molecule has 0 N–H and O–H groups in total. The van der Waals surface area contributed by atoms with Gasteiger partial charge >= 0.3 is 0 Å². The normalized spacial score (nSPS) is 10.1. The Kier molecular flexibility index (Phi) is 5.60. The molecule has 2 nitrogen and oxygen atoms in total. The number of carbonyl (C=O) groups excluding carboxylic acids is 1. The van der Waals surface area contributed by atoms with Crippen LogP contribution in [0, 0.1) is 3.57 Å². The van der Waals surface area contributed by atoms with Crippen molar-refractivity contribution in [2.45, 2.75) is 13.3 Å². The quantitative estimate of drug-likeness (QED) is 0.441. The molecule has 0 saturated heterocycles. The van der Waals surface area contributed by atoms with Gasteiger partial charge in [-0.25, -0.2) is 0 Å². The van der Waals surface area contributed by atoms with E-state index in [9.17, 15) is 4.79 Å². The van der Waals surface area contributed by atoms with E-state index in [-0.39, 0.29) is 5.78 Å². The number of alkyl halides is 1. The first-order chi connectivity index (χ1) is 7.19. The number of carbonyl (C=O) groups is 1. The van der Waals surface area contributed by atoms with Crippen molar-refractivity contribution in [1.29, 1.82) is 0 Å². The summed E-state index contributed by atoms with van der Waals surface area (Å²) in [5.74, 6) is 0.803. The van der Waals surface area contributed by atoms with Crippen molar-refractivity contribution in [3.05, 3.63) is 27.3 Å². The summed E-state index contributed by atoms with van der Waals surface area (Å²) in [6.07, 6.45) is 0.500. The Hall–Kier alpha value is -0.100. The van der Waals surface area contributed by atoms with E-state index >= 15 is 0 Å². The molecular formula is C11H12BrIO2. The third-order valence-corrected chi connectivity index (χ3v) is 2.93. The SMILES string of the molecule is CCOc1ccc(I)cc1C(=O)CCBr. The molecule has 0 aromatic heterocycles. The molecule has 4 heteroatoms. The number of hydrogen-bond acceptors (Lipinski definition) is 2. The second-order valence-corrected chi connectivity index (χ2v) is 4.97. The largest absolute Gasteiger partial charge is 0.493 e. The maximum atomic E-state index is 11.8. The molecule has 1 aromatic rings. The predicted molar refractivity (Wildman–Crippen MR) is 73.1 cm³/mol. The topological polar surface area (TPSA) is 26.3 Å². The summed E-state index contributed by atoms with van der Waals surface area (Å²) in [5, 5.41) is 0.683. The van der Waals surface area contributed by atoms with Gasteiger partial charge in [0, 0.05) is 15.3 Å². The van der Waals surface area contributed by atoms with E-state index in [2.05, 4.69) is 38.5 Å². The summed E-state index contributed by atoms with van der Waals surface area (Å²) >= 11 is 5.46. The second kappa shape index (κ2) is 6.48. The van der Waals surface area contributed by atoms with Crippen molar-refractivity contribution < 1.29 is 9.53 Å². The molecule has 0 heterocycles. The van der Waals surface area contributed by atoms with Crippen molar-refractivity contribution in [1.82, 2.24) is 0 Å². The van der Waals surface area contributed by atoms with Crippen LogP contribution in [0.15, 0.2) is 18.2 Å². The molecule has 0 aliphatic heterocycles. The summed E-state index contributed by atoms with van der Waals surface area (Å²) in [7, 11) is 0. The van der Waals surface area contributed by atoms with E-state index < -0.39 is 0 Å². The van der Waals surface area contributed by atoms with Gasteiger partial charge in [-0.15, -0.1) is 0 Å². The van der Waals surface area contributed by atoms with Crippen molar-refractivity contribution in [3.63, 3.8) is 0 Å². The molecule has 82 valence electrons. The lowest BCUT2D eigenvalue weighted by atomic mass is 10.1. The molecule has 0 unspecified atom stereocenters. The van der Waals surface area contributed by atoms with E-state index in [1.165, 1.54) is 0 Å². The minimum absolute atomic E-state index is 0.119. The fourth-order valence-electron chi connectivity index (χ4n) is 1.22. The first-order valence-electron chi connectivity index (χ1n) is 4.70. The number of Topliss-reactive ketones (excluding diaryl/α,β-unsaturated/α-hetero) is 1. The Morgan fingerprint density at radius 1 is 1.53 bits per heavy atom. The van der Waals surface area contributed by atoms with E-state index in [1.807, 2.05) is 25.1 Å². The van der Waals surface area contributed by atoms with Crippen molar-refractivity contribution in [2.75, 3.05) is 11.9 Å². The van der Waals surface area contributed by atoms with Gasteiger partial charge in [0.25, 0.3) is 0 Å². The van der Waals surface area contributed by atoms with Crippen molar-refractivity contribution in [2.24, 2.45) is 0 Å². The molecule has 0 atom stereocenters. The van der Waals surface area contributed by atoms with Gasteiger partial charge in [0.15, 0.2) is 5.78 Å². The molecule has 0 fully saturated rings. The van der Waals surface area contributed by atoms with E-state index in [0.29, 0.717) is 29.7 Å². The third-order valence-electron chi connectivity index (χ3n) is 1.86. The zero-order valence-electron chi connectivity index (χ0n) is 8.43. The van der Waals surface area contributed by atoms with Gasteiger partial charge in [-0.1, -0.05) is 15.9 Å². The Morgan fingerprint density at radius 3 is 2.87 bits per heavy atom. The maximum absolute atomic E-state index is 11.8. The Balaban J connectivity index is 3.00. The van der Waals surface area contributed by atoms with Gasteiger partial charge in [-0.05, 0) is 47.7 Å². The smallest absolute Gasteiger partial charge is 0.167 e. The predicted octanol–water partition coefficient (Wildman–Crippen LogP) is 3.66. The van der Waals surface area contributed by atoms with Gasteiger partial charge in [-0.2, -0.15) is 0 Å². The average molecular weight is 383 g/mol. The molecule has 0 saturated carbocycles. The molecule has 0 spiro atoms. The molecule has 0 aliphatic rings. The lowest BCUT2D eigenvalue weighted by Gasteiger charge is -2.09. The van der Waals surface area contributed by atoms with Crippen LogP contribution in [-0.4, -0.2) is 17.7 Å². The highest BCUT2D eigenvalue weighted by atomic mass is 127. The Morgan fingerprint density at radius 2 is 2.27 bits per heavy atom. The molecule has 0 amide bonds. The number of rotatable bonds is 5. The van der Waals surface area contributed by atoms with E-state index in [1.54, 1.807) is 0 Å². The van der Waals surface area contributed by atoms with Crippen molar-refractivity contribution in [3.8, 4) is 5.75 Å². The van der Waals surface area contributed by atoms with Crippen LogP contribution in [0.4, 0.5) is 0 Å². The third kappa shape index (κ3) is 3.75. The fourth-order valence-corrected chi connectivity index (χ4v) is 2.07. The molecule has 0 radical (unpaired) electrons. The zero-order valence-corrected chi connectivity index (χ0v) is 12.2. The minimum atomic E-state index is 0.119. The van der Waals surface area contributed by atoms with Gasteiger partial charge in [0.05, 0.1) is 12.2 Å². The summed E-state index contributed by atoms with van der Waals surface area (Å²) in [5.41, 5.74) is 0.684. The van der Waals surface area contributed by atoms with Gasteiger partial charge in [-0.3, -0.25) is 4.79 Å². The highest BCUT2D eigenvalue weighted by Crippen LogP contribution is 2.23. The van der Waals surface area contributed by atoms with Gasteiger partial charge in [0.1, 0.15) is 5.75 Å². The van der Waals surface area contributed by atoms with Crippen LogP contribution < -0.4 is 4.74 Å². The molecule has 15 heavy (non-hydrogen) atoms. The van der Waals surface area contributed by atoms with Crippen LogP contribution in [0.5, 0.6) is 5.75 Å². The Labute approximate surface area is 112 Å². The number of ether oxygens (including phenoxy) is 1. The highest BCUT2D eigenvalue weighted by molar-refractivity contribution is 14.1. The number of ketones is 1. The zero-order chi connectivity index (χ0) is 11.3. The number of hydrogen-bond donors (Lipinski definition) is 0. The van der Waals surface area contributed by atoms with Gasteiger partial charge in [0.2, 0.25) is 0 Å². The van der Waals surface area contributed by atoms with E-state index in [4.69, 9.17) is 4.74 Å². The van der Waals surface area contributed by atoms with Crippen LogP contribution in [-0.2, 0) is 0 Å². The fraction of sp³-hybridized carbons (Fsp3) is 0.364. The standard InChI is InChI=1S/C11H12BrIO2/c1-2-15-11-4-3-8(13)7-9(11)10(14)5-6-12/h3-4,7H,2,5-6H2,1H3. The van der Waals surface area contributed by atoms with Crippen LogP contribution in [0.1, 0.15) is 23.7 Å². The van der Waals surface area contributed by atoms with E-state index in [0.717, 1.165) is 3.57 Å². The summed E-state index contributed by atoms with van der Waals surface area (Å²) in [6, 6.07) is 5.67. The molecule has 1 aromatic carbocycles. The second-order valence-electron chi connectivity index (χ2n) is 2.94. The Bertz CT molecular complexity index is 352. The lowest BCUT2D eigenvalue weighted by Crippen LogP contribution is -2.04. The maximum Gasteiger partial charge on any atom is 0.167 e. The molecule has 1 rings (SSSR count). The number of benzene rings is 1. The van der Waals surface area contributed by atoms with Crippen LogP contribution in [0.25, 0.3) is 0 Å². The average Bonchev–Trinajstić information content (AvgIpc) is 2.21. The lowest BCUT2D eigenvalue weighted by molar-refractivity contribution is 0.0986. The molecular weight excluding hydrogens is 371 g/mol. The van der Waals surface area contributed by atoms with Gasteiger partial charge < -0.3 is 4.74 Å². The first-order valence-corrected chi connectivity index (χ1v) is 6.90. The van der Waals surface area contributed by atoms with Crippen LogP contribution in [0.3, 0.4) is 0 Å². The molecule has 0 bridgehead atoms. The van der Waals surface area contributed by atoms with Crippen molar-refractivity contribution >= 4 is 44.3 Å². The first kappa shape index (κ1) is 13.0. The summed E-state index contributed by atoms with van der Waals surface area (Å²) in [4.78, 5) is 11.8. The van der Waals surface area contributed by atoms with Crippen LogP contribution in [0.2, 0.25) is 0 Å². The monoisotopic (exact) mass is 382 g/mol. The van der Waals surface area contributed by atoms with Crippen LogP contribution >= 0.6 is 38.5 Å². The summed E-state index contributed by atoms with van der Waals surface area (Å²) in [6.45, 7) is 2.49. The highest BCUT2D eigenvalue weighted by Gasteiger charge is 2.12.